The van der Waals surface area contributed by atoms with Crippen LogP contribution in [0.4, 0.5) is 0 Å². The highest BCUT2D eigenvalue weighted by molar-refractivity contribution is 5.79. The molecule has 2 aromatic rings. The predicted octanol–water partition coefficient (Wildman–Crippen LogP) is 0.651. The number of likely N-dealkylation sites (tertiary alicyclic amines) is 1. The van der Waals surface area contributed by atoms with Crippen LogP contribution in [-0.4, -0.2) is 62.3 Å². The molecule has 146 valence electrons. The molecule has 3 aliphatic heterocycles. The van der Waals surface area contributed by atoms with Crippen LogP contribution in [0.15, 0.2) is 29.1 Å². The van der Waals surface area contributed by atoms with E-state index in [-0.39, 0.29) is 30.0 Å². The topological polar surface area (TPSA) is 88.4 Å². The highest BCUT2D eigenvalue weighted by Gasteiger charge is 2.44. The summed E-state index contributed by atoms with van der Waals surface area (Å²) in [4.78, 5) is 41.7. The highest BCUT2D eigenvalue weighted by atomic mass is 16.2. The maximum Gasteiger partial charge on any atom is 0.278 e. The summed E-state index contributed by atoms with van der Waals surface area (Å²) in [6.07, 6.45) is 3.70. The van der Waals surface area contributed by atoms with Crippen LogP contribution in [0.1, 0.15) is 25.7 Å². The summed E-state index contributed by atoms with van der Waals surface area (Å²) in [5.74, 6) is 0.821. The van der Waals surface area contributed by atoms with E-state index < -0.39 is 0 Å². The van der Waals surface area contributed by atoms with E-state index in [0.29, 0.717) is 42.2 Å². The molecule has 1 aromatic heterocycles. The van der Waals surface area contributed by atoms with Gasteiger partial charge in [-0.15, -0.1) is 5.10 Å². The number of carbonyl (C=O) groups is 2. The normalized spacial score (nSPS) is 27.0. The summed E-state index contributed by atoms with van der Waals surface area (Å²) >= 11 is 0. The number of aromatic nitrogens is 3. The Morgan fingerprint density at radius 3 is 2.89 bits per heavy atom. The SMILES string of the molecule is O=C(Cn1nnc2ccccc2c1=O)N1CC2CC(C1)C1CCCC(=O)N1C2. The van der Waals surface area contributed by atoms with Gasteiger partial charge in [0.1, 0.15) is 12.1 Å². The first-order chi connectivity index (χ1) is 13.6. The zero-order valence-electron chi connectivity index (χ0n) is 15.7. The lowest BCUT2D eigenvalue weighted by atomic mass is 9.76. The molecule has 0 aliphatic carbocycles. The smallest absolute Gasteiger partial charge is 0.278 e. The van der Waals surface area contributed by atoms with Crippen LogP contribution >= 0.6 is 0 Å². The fraction of sp³-hybridized carbons (Fsp3) is 0.550. The zero-order valence-corrected chi connectivity index (χ0v) is 15.7. The minimum Gasteiger partial charge on any atom is -0.340 e. The van der Waals surface area contributed by atoms with Gasteiger partial charge in [-0.05, 0) is 43.2 Å². The van der Waals surface area contributed by atoms with Gasteiger partial charge in [-0.25, -0.2) is 4.68 Å². The second kappa shape index (κ2) is 6.68. The molecule has 3 saturated heterocycles. The molecule has 4 heterocycles. The second-order valence-corrected chi connectivity index (χ2v) is 8.24. The average molecular weight is 381 g/mol. The molecule has 28 heavy (non-hydrogen) atoms. The summed E-state index contributed by atoms with van der Waals surface area (Å²) in [6.45, 7) is 1.95. The summed E-state index contributed by atoms with van der Waals surface area (Å²) in [5.41, 5.74) is 0.242. The van der Waals surface area contributed by atoms with Crippen molar-refractivity contribution in [3.63, 3.8) is 0 Å². The zero-order chi connectivity index (χ0) is 19.3. The van der Waals surface area contributed by atoms with Gasteiger partial charge in [0.05, 0.1) is 5.39 Å². The Kier molecular flexibility index (Phi) is 4.14. The lowest BCUT2D eigenvalue weighted by molar-refractivity contribution is -0.149. The van der Waals surface area contributed by atoms with Crippen molar-refractivity contribution in [2.75, 3.05) is 19.6 Å². The largest absolute Gasteiger partial charge is 0.340 e. The van der Waals surface area contributed by atoms with Crippen LogP contribution in [0.3, 0.4) is 0 Å². The molecule has 2 amide bonds. The number of hydrogen-bond acceptors (Lipinski definition) is 5. The van der Waals surface area contributed by atoms with Crippen LogP contribution < -0.4 is 5.56 Å². The number of nitrogens with zero attached hydrogens (tertiary/aromatic N) is 5. The van der Waals surface area contributed by atoms with Crippen LogP contribution in [0.2, 0.25) is 0 Å². The highest BCUT2D eigenvalue weighted by Crippen LogP contribution is 2.37. The van der Waals surface area contributed by atoms with Crippen LogP contribution in [-0.2, 0) is 16.1 Å². The van der Waals surface area contributed by atoms with Crippen molar-refractivity contribution in [2.24, 2.45) is 11.8 Å². The van der Waals surface area contributed by atoms with E-state index in [9.17, 15) is 14.4 Å². The molecule has 3 fully saturated rings. The van der Waals surface area contributed by atoms with E-state index in [0.717, 1.165) is 30.5 Å². The van der Waals surface area contributed by atoms with Crippen molar-refractivity contribution in [1.82, 2.24) is 24.8 Å². The van der Waals surface area contributed by atoms with Crippen molar-refractivity contribution in [3.8, 4) is 0 Å². The Labute approximate surface area is 162 Å². The Morgan fingerprint density at radius 1 is 1.14 bits per heavy atom. The quantitative estimate of drug-likeness (QED) is 0.762. The molecule has 2 bridgehead atoms. The average Bonchev–Trinajstić information content (AvgIpc) is 2.71. The summed E-state index contributed by atoms with van der Waals surface area (Å²) < 4.78 is 1.16. The van der Waals surface area contributed by atoms with Gasteiger partial charge in [0.15, 0.2) is 0 Å². The van der Waals surface area contributed by atoms with Gasteiger partial charge in [0.2, 0.25) is 11.8 Å². The first-order valence-corrected chi connectivity index (χ1v) is 10.00. The minimum atomic E-state index is -0.291. The number of fused-ring (bicyclic) bond motifs is 5. The number of carbonyl (C=O) groups excluding carboxylic acids is 2. The minimum absolute atomic E-state index is 0.0938. The molecule has 0 radical (unpaired) electrons. The molecular formula is C20H23N5O3. The van der Waals surface area contributed by atoms with Gasteiger partial charge in [0, 0.05) is 32.1 Å². The number of rotatable bonds is 2. The van der Waals surface area contributed by atoms with E-state index in [1.54, 1.807) is 24.3 Å². The maximum atomic E-state index is 12.9. The standard InChI is InChI=1S/C20H23N5O3/c26-18-7-3-6-17-14-8-13(10-24(17)18)9-23(11-14)19(27)12-25-20(28)15-4-1-2-5-16(15)21-22-25/h1-2,4-5,13-14,17H,3,6-12H2. The van der Waals surface area contributed by atoms with Gasteiger partial charge in [0.25, 0.3) is 5.56 Å². The predicted molar refractivity (Wildman–Crippen MR) is 101 cm³/mol. The molecule has 0 N–H and O–H groups in total. The Balaban J connectivity index is 1.34. The van der Waals surface area contributed by atoms with E-state index in [1.807, 2.05) is 4.90 Å². The van der Waals surface area contributed by atoms with Gasteiger partial charge in [-0.3, -0.25) is 14.4 Å². The fourth-order valence-corrected chi connectivity index (χ4v) is 5.17. The molecule has 1 aromatic carbocycles. The fourth-order valence-electron chi connectivity index (χ4n) is 5.17. The third-order valence-electron chi connectivity index (χ3n) is 6.45. The Hall–Kier alpha value is -2.77. The first-order valence-electron chi connectivity index (χ1n) is 10.00. The maximum absolute atomic E-state index is 12.9. The monoisotopic (exact) mass is 381 g/mol. The van der Waals surface area contributed by atoms with E-state index in [1.165, 1.54) is 0 Å². The van der Waals surface area contributed by atoms with Crippen molar-refractivity contribution in [3.05, 3.63) is 34.6 Å². The molecule has 8 heteroatoms. The molecule has 3 unspecified atom stereocenters. The molecule has 5 rings (SSSR count). The Bertz CT molecular complexity index is 1000. The second-order valence-electron chi connectivity index (χ2n) is 8.24. The molecule has 0 spiro atoms. The lowest BCUT2D eigenvalue weighted by Gasteiger charge is -2.52. The van der Waals surface area contributed by atoms with Crippen molar-refractivity contribution < 1.29 is 9.59 Å². The van der Waals surface area contributed by atoms with Crippen LogP contribution in [0.5, 0.6) is 0 Å². The summed E-state index contributed by atoms with van der Waals surface area (Å²) in [5, 5.41) is 8.47. The van der Waals surface area contributed by atoms with E-state index >= 15 is 0 Å². The molecular weight excluding hydrogens is 358 g/mol. The van der Waals surface area contributed by atoms with Crippen LogP contribution in [0.25, 0.3) is 10.9 Å². The van der Waals surface area contributed by atoms with Crippen molar-refractivity contribution in [1.29, 1.82) is 0 Å². The number of piperidine rings is 3. The number of benzene rings is 1. The van der Waals surface area contributed by atoms with Gasteiger partial charge in [-0.1, -0.05) is 17.3 Å². The van der Waals surface area contributed by atoms with Crippen molar-refractivity contribution in [2.45, 2.75) is 38.3 Å². The van der Waals surface area contributed by atoms with Crippen molar-refractivity contribution >= 4 is 22.7 Å². The van der Waals surface area contributed by atoms with Gasteiger partial charge in [-0.2, -0.15) is 0 Å². The molecule has 0 saturated carbocycles. The first kappa shape index (κ1) is 17.3. The van der Waals surface area contributed by atoms with Crippen LogP contribution in [0, 0.1) is 11.8 Å². The lowest BCUT2D eigenvalue weighted by Crippen LogP contribution is -2.61. The van der Waals surface area contributed by atoms with Gasteiger partial charge < -0.3 is 9.80 Å². The third-order valence-corrected chi connectivity index (χ3v) is 6.45. The number of hydrogen-bond donors (Lipinski definition) is 0. The Morgan fingerprint density at radius 2 is 2.00 bits per heavy atom. The van der Waals surface area contributed by atoms with Gasteiger partial charge >= 0.3 is 0 Å². The molecule has 8 nitrogen and oxygen atoms in total. The molecule has 3 aliphatic rings. The van der Waals surface area contributed by atoms with E-state index in [2.05, 4.69) is 15.2 Å². The number of amides is 2. The summed E-state index contributed by atoms with van der Waals surface area (Å²) in [7, 11) is 0. The van der Waals surface area contributed by atoms with E-state index in [4.69, 9.17) is 0 Å². The summed E-state index contributed by atoms with van der Waals surface area (Å²) in [6, 6.07) is 7.28. The molecule has 3 atom stereocenters. The third kappa shape index (κ3) is 2.87.